The number of hydrogen-bond acceptors (Lipinski definition) is 3. The molecule has 16 heavy (non-hydrogen) atoms. The van der Waals surface area contributed by atoms with Crippen molar-refractivity contribution in [3.63, 3.8) is 0 Å². The number of sulfone groups is 1. The predicted molar refractivity (Wildman–Crippen MR) is 64.0 cm³/mol. The van der Waals surface area contributed by atoms with Gasteiger partial charge in [-0.1, -0.05) is 24.1 Å². The SMILES string of the molecule is C#CCS(=O)(=O)CCCOc1ccccc1. The van der Waals surface area contributed by atoms with Crippen LogP contribution in [0.5, 0.6) is 5.75 Å². The molecule has 0 unspecified atom stereocenters. The minimum atomic E-state index is -3.10. The first kappa shape index (κ1) is 12.6. The summed E-state index contributed by atoms with van der Waals surface area (Å²) in [5.41, 5.74) is 0. The van der Waals surface area contributed by atoms with Crippen molar-refractivity contribution in [1.29, 1.82) is 0 Å². The standard InChI is InChI=1S/C12H14O3S/c1-2-10-16(13,14)11-6-9-15-12-7-4-3-5-8-12/h1,3-5,7-8H,6,9-11H2. The van der Waals surface area contributed by atoms with Crippen LogP contribution in [0.15, 0.2) is 30.3 Å². The Morgan fingerprint density at radius 3 is 2.56 bits per heavy atom. The van der Waals surface area contributed by atoms with E-state index in [0.717, 1.165) is 5.75 Å². The lowest BCUT2D eigenvalue weighted by Crippen LogP contribution is -2.12. The van der Waals surface area contributed by atoms with Crippen LogP contribution in [0, 0.1) is 12.3 Å². The maximum Gasteiger partial charge on any atom is 0.161 e. The summed E-state index contributed by atoms with van der Waals surface area (Å²) in [6, 6.07) is 9.28. The molecular formula is C12H14O3S. The van der Waals surface area contributed by atoms with Gasteiger partial charge < -0.3 is 4.74 Å². The van der Waals surface area contributed by atoms with Crippen LogP contribution in [0.2, 0.25) is 0 Å². The normalized spacial score (nSPS) is 10.7. The Kier molecular flexibility index (Phi) is 4.87. The zero-order valence-electron chi connectivity index (χ0n) is 8.93. The molecule has 1 aromatic carbocycles. The van der Waals surface area contributed by atoms with E-state index in [2.05, 4.69) is 5.92 Å². The summed E-state index contributed by atoms with van der Waals surface area (Å²) in [6.07, 6.45) is 5.41. The van der Waals surface area contributed by atoms with Gasteiger partial charge in [0.15, 0.2) is 9.84 Å². The number of benzene rings is 1. The molecule has 0 heterocycles. The monoisotopic (exact) mass is 238 g/mol. The van der Waals surface area contributed by atoms with Gasteiger partial charge in [-0.2, -0.15) is 0 Å². The van der Waals surface area contributed by atoms with Gasteiger partial charge in [0.05, 0.1) is 12.4 Å². The van der Waals surface area contributed by atoms with E-state index in [9.17, 15) is 8.42 Å². The van der Waals surface area contributed by atoms with Gasteiger partial charge in [0, 0.05) is 0 Å². The second kappa shape index (κ2) is 6.19. The molecular weight excluding hydrogens is 224 g/mol. The minimum Gasteiger partial charge on any atom is -0.494 e. The topological polar surface area (TPSA) is 43.4 Å². The fourth-order valence-electron chi connectivity index (χ4n) is 1.18. The Hall–Kier alpha value is -1.47. The minimum absolute atomic E-state index is 0.0734. The highest BCUT2D eigenvalue weighted by Gasteiger charge is 2.07. The molecule has 0 aliphatic heterocycles. The Balaban J connectivity index is 2.26. The predicted octanol–water partition coefficient (Wildman–Crippen LogP) is 1.50. The van der Waals surface area contributed by atoms with Gasteiger partial charge in [-0.25, -0.2) is 8.42 Å². The maximum absolute atomic E-state index is 11.2. The number of terminal acetylenes is 1. The summed E-state index contributed by atoms with van der Waals surface area (Å²) in [6.45, 7) is 0.383. The zero-order valence-corrected chi connectivity index (χ0v) is 9.74. The van der Waals surface area contributed by atoms with Crippen LogP contribution in [0.4, 0.5) is 0 Å². The summed E-state index contributed by atoms with van der Waals surface area (Å²) in [7, 11) is -3.10. The summed E-state index contributed by atoms with van der Waals surface area (Å²) in [5, 5.41) is 0. The second-order valence-electron chi connectivity index (χ2n) is 3.31. The van der Waals surface area contributed by atoms with Gasteiger partial charge in [0.1, 0.15) is 11.5 Å². The quantitative estimate of drug-likeness (QED) is 0.557. The van der Waals surface area contributed by atoms with E-state index < -0.39 is 9.84 Å². The van der Waals surface area contributed by atoms with Gasteiger partial charge in [0.25, 0.3) is 0 Å². The fourth-order valence-corrected chi connectivity index (χ4v) is 2.14. The molecule has 0 aromatic heterocycles. The van der Waals surface area contributed by atoms with Crippen molar-refractivity contribution in [3.8, 4) is 18.1 Å². The third-order valence-corrected chi connectivity index (χ3v) is 3.43. The van der Waals surface area contributed by atoms with E-state index in [1.807, 2.05) is 30.3 Å². The van der Waals surface area contributed by atoms with E-state index >= 15 is 0 Å². The first-order valence-corrected chi connectivity index (χ1v) is 6.78. The Morgan fingerprint density at radius 1 is 1.25 bits per heavy atom. The molecule has 0 aliphatic rings. The first-order chi connectivity index (χ1) is 7.64. The number of para-hydroxylation sites is 1. The largest absolute Gasteiger partial charge is 0.494 e. The Bertz CT molecular complexity index is 443. The molecule has 0 spiro atoms. The van der Waals surface area contributed by atoms with Gasteiger partial charge in [-0.3, -0.25) is 0 Å². The van der Waals surface area contributed by atoms with E-state index in [0.29, 0.717) is 13.0 Å². The average molecular weight is 238 g/mol. The Morgan fingerprint density at radius 2 is 1.94 bits per heavy atom. The molecule has 0 bridgehead atoms. The lowest BCUT2D eigenvalue weighted by molar-refractivity contribution is 0.317. The second-order valence-corrected chi connectivity index (χ2v) is 5.50. The zero-order chi connectivity index (χ0) is 11.9. The van der Waals surface area contributed by atoms with Gasteiger partial charge in [-0.05, 0) is 18.6 Å². The van der Waals surface area contributed by atoms with Crippen LogP contribution in [-0.2, 0) is 9.84 Å². The molecule has 3 nitrogen and oxygen atoms in total. The fraction of sp³-hybridized carbons (Fsp3) is 0.333. The van der Waals surface area contributed by atoms with E-state index in [4.69, 9.17) is 11.2 Å². The highest BCUT2D eigenvalue weighted by atomic mass is 32.2. The lowest BCUT2D eigenvalue weighted by Gasteiger charge is -2.05. The average Bonchev–Trinajstić information content (AvgIpc) is 2.26. The van der Waals surface area contributed by atoms with Crippen LogP contribution in [0.3, 0.4) is 0 Å². The smallest absolute Gasteiger partial charge is 0.161 e. The lowest BCUT2D eigenvalue weighted by atomic mass is 10.3. The number of ether oxygens (including phenoxy) is 1. The van der Waals surface area contributed by atoms with Crippen molar-refractivity contribution in [2.45, 2.75) is 6.42 Å². The van der Waals surface area contributed by atoms with Gasteiger partial charge in [-0.15, -0.1) is 6.42 Å². The molecule has 1 aromatic rings. The third-order valence-electron chi connectivity index (χ3n) is 1.91. The molecule has 0 aliphatic carbocycles. The summed E-state index contributed by atoms with van der Waals surface area (Å²) in [4.78, 5) is 0. The molecule has 0 fully saturated rings. The first-order valence-electron chi connectivity index (χ1n) is 4.96. The van der Waals surface area contributed by atoms with Crippen LogP contribution >= 0.6 is 0 Å². The molecule has 0 atom stereocenters. The van der Waals surface area contributed by atoms with Crippen LogP contribution in [-0.4, -0.2) is 26.5 Å². The number of rotatable bonds is 6. The molecule has 0 saturated heterocycles. The number of hydrogen-bond donors (Lipinski definition) is 0. The molecule has 4 heteroatoms. The van der Waals surface area contributed by atoms with Crippen molar-refractivity contribution >= 4 is 9.84 Å². The molecule has 0 N–H and O–H groups in total. The van der Waals surface area contributed by atoms with Crippen molar-refractivity contribution < 1.29 is 13.2 Å². The van der Waals surface area contributed by atoms with Crippen LogP contribution in [0.1, 0.15) is 6.42 Å². The summed E-state index contributed by atoms with van der Waals surface area (Å²) >= 11 is 0. The highest BCUT2D eigenvalue weighted by Crippen LogP contribution is 2.08. The molecule has 1 rings (SSSR count). The van der Waals surface area contributed by atoms with Crippen LogP contribution in [0.25, 0.3) is 0 Å². The van der Waals surface area contributed by atoms with Crippen molar-refractivity contribution in [3.05, 3.63) is 30.3 Å². The van der Waals surface area contributed by atoms with Crippen molar-refractivity contribution in [1.82, 2.24) is 0 Å². The Labute approximate surface area is 96.4 Å². The van der Waals surface area contributed by atoms with E-state index in [1.54, 1.807) is 0 Å². The molecule has 0 amide bonds. The van der Waals surface area contributed by atoms with Crippen molar-refractivity contribution in [2.75, 3.05) is 18.1 Å². The van der Waals surface area contributed by atoms with Crippen molar-refractivity contribution in [2.24, 2.45) is 0 Å². The molecule has 0 saturated carbocycles. The van der Waals surface area contributed by atoms with Gasteiger partial charge >= 0.3 is 0 Å². The maximum atomic E-state index is 11.2. The van der Waals surface area contributed by atoms with E-state index in [-0.39, 0.29) is 11.5 Å². The third kappa shape index (κ3) is 4.85. The molecule has 0 radical (unpaired) electrons. The highest BCUT2D eigenvalue weighted by molar-refractivity contribution is 7.91. The van der Waals surface area contributed by atoms with E-state index in [1.165, 1.54) is 0 Å². The molecule has 86 valence electrons. The summed E-state index contributed by atoms with van der Waals surface area (Å²) < 4.78 is 27.9. The van der Waals surface area contributed by atoms with Crippen LogP contribution < -0.4 is 4.74 Å². The van der Waals surface area contributed by atoms with Gasteiger partial charge in [0.2, 0.25) is 0 Å². The summed E-state index contributed by atoms with van der Waals surface area (Å²) in [5.74, 6) is 2.76.